The van der Waals surface area contributed by atoms with Gasteiger partial charge in [-0.05, 0) is 89.4 Å². The summed E-state index contributed by atoms with van der Waals surface area (Å²) < 4.78 is 55.4. The second-order valence-electron chi connectivity index (χ2n) is 17.9. The molecule has 6 atom stereocenters. The highest BCUT2D eigenvalue weighted by molar-refractivity contribution is 6.20. The van der Waals surface area contributed by atoms with E-state index in [1.807, 2.05) is 25.7 Å². The first-order valence-electron chi connectivity index (χ1n) is 21.2. The lowest BCUT2D eigenvalue weighted by Crippen LogP contribution is -2.60. The van der Waals surface area contributed by atoms with Crippen molar-refractivity contribution in [1.29, 1.82) is 0 Å². The van der Waals surface area contributed by atoms with Gasteiger partial charge in [-0.2, -0.15) is 4.99 Å². The van der Waals surface area contributed by atoms with Gasteiger partial charge in [0.25, 0.3) is 5.69 Å². The minimum Gasteiger partial charge on any atom is -0.462 e. The molecule has 328 valence electrons. The zero-order valence-corrected chi connectivity index (χ0v) is 35.2. The van der Waals surface area contributed by atoms with Gasteiger partial charge in [0.05, 0.1) is 27.7 Å². The predicted octanol–water partition coefficient (Wildman–Crippen LogP) is 7.66. The number of nitro groups is 1. The number of halogens is 2. The Morgan fingerprint density at radius 2 is 1.79 bits per heavy atom. The summed E-state index contributed by atoms with van der Waals surface area (Å²) in [4.78, 5) is 57.1. The van der Waals surface area contributed by atoms with Crippen LogP contribution >= 0.6 is 0 Å². The highest BCUT2D eigenvalue weighted by Gasteiger charge is 2.52. The molecule has 15 nitrogen and oxygen atoms in total. The number of rotatable bonds is 8. The minimum atomic E-state index is -0.917. The molecule has 17 heteroatoms. The van der Waals surface area contributed by atoms with E-state index in [4.69, 9.17) is 35.4 Å². The van der Waals surface area contributed by atoms with Crippen LogP contribution in [0.25, 0.3) is 16.5 Å². The Morgan fingerprint density at radius 3 is 2.51 bits per heavy atom. The van der Waals surface area contributed by atoms with E-state index in [-0.39, 0.29) is 71.9 Å². The second-order valence-corrected chi connectivity index (χ2v) is 17.9. The number of likely N-dealkylation sites (tertiary alicyclic amines) is 1. The monoisotopic (exact) mass is 863 g/mol. The molecule has 0 N–H and O–H groups in total. The van der Waals surface area contributed by atoms with Gasteiger partial charge < -0.3 is 18.9 Å². The first-order chi connectivity index (χ1) is 30.2. The van der Waals surface area contributed by atoms with Crippen LogP contribution in [0.15, 0.2) is 75.4 Å². The van der Waals surface area contributed by atoms with Crippen molar-refractivity contribution in [3.05, 3.63) is 87.5 Å². The first-order valence-corrected chi connectivity index (χ1v) is 21.2. The third-order valence-corrected chi connectivity index (χ3v) is 12.9. The fourth-order valence-electron chi connectivity index (χ4n) is 10.2. The third-order valence-electron chi connectivity index (χ3n) is 12.9. The highest BCUT2D eigenvalue weighted by Crippen LogP contribution is 2.44. The molecule has 0 aromatic heterocycles. The Balaban J connectivity index is 0.971. The van der Waals surface area contributed by atoms with Crippen LogP contribution in [-0.4, -0.2) is 118 Å². The number of amides is 1. The molecule has 0 aliphatic carbocycles. The number of amidine groups is 1. The van der Waals surface area contributed by atoms with Crippen LogP contribution in [0, 0.1) is 34.2 Å². The molecule has 4 saturated heterocycles. The Hall–Kier alpha value is -6.25. The molecular weight excluding hydrogens is 817 g/mol. The number of aliphatic imine (C=N–C) groups is 3. The zero-order valence-electron chi connectivity index (χ0n) is 35.2. The number of ether oxygens (including phenoxy) is 4. The van der Waals surface area contributed by atoms with E-state index in [9.17, 15) is 19.7 Å². The Bertz CT molecular complexity index is 2520. The maximum Gasteiger partial charge on any atom is 0.513 e. The van der Waals surface area contributed by atoms with E-state index >= 15 is 8.78 Å². The van der Waals surface area contributed by atoms with Gasteiger partial charge in [0.2, 0.25) is 0 Å². The van der Waals surface area contributed by atoms with Gasteiger partial charge in [-0.15, -0.1) is 6.42 Å². The van der Waals surface area contributed by atoms with Crippen LogP contribution in [0.3, 0.4) is 0 Å². The number of piperazine rings is 1. The van der Waals surface area contributed by atoms with Gasteiger partial charge in [0.15, 0.2) is 5.83 Å². The molecule has 63 heavy (non-hydrogen) atoms. The lowest BCUT2D eigenvalue weighted by molar-refractivity contribution is -0.384. The van der Waals surface area contributed by atoms with Crippen molar-refractivity contribution >= 4 is 52.4 Å². The summed E-state index contributed by atoms with van der Waals surface area (Å²) in [6.45, 7) is 7.46. The number of nitro benzene ring substituents is 1. The van der Waals surface area contributed by atoms with E-state index in [0.29, 0.717) is 35.8 Å². The fraction of sp³-hybridized carbons (Fsp3) is 0.457. The largest absolute Gasteiger partial charge is 0.513 e. The number of nitrogens with zero attached hydrogens (tertiary/aromatic N) is 7. The summed E-state index contributed by atoms with van der Waals surface area (Å²) in [7, 11) is 0. The molecule has 0 radical (unpaired) electrons. The van der Waals surface area contributed by atoms with Gasteiger partial charge >= 0.3 is 18.3 Å². The van der Waals surface area contributed by atoms with Crippen molar-refractivity contribution in [2.75, 3.05) is 32.8 Å². The molecule has 6 aliphatic heterocycles. The number of terminal acetylenes is 1. The van der Waals surface area contributed by atoms with Crippen LogP contribution in [-0.2, 0) is 14.2 Å². The normalized spacial score (nSPS) is 26.7. The molecule has 6 heterocycles. The average Bonchev–Trinajstić information content (AvgIpc) is 3.91. The summed E-state index contributed by atoms with van der Waals surface area (Å²) in [6, 6.07) is 12.8. The first kappa shape index (κ1) is 42.1. The molecule has 4 fully saturated rings. The predicted molar refractivity (Wildman–Crippen MR) is 230 cm³/mol. The number of benzene rings is 3. The van der Waals surface area contributed by atoms with Gasteiger partial charge in [0, 0.05) is 60.5 Å². The van der Waals surface area contributed by atoms with E-state index in [1.165, 1.54) is 30.3 Å². The number of hydrogen-bond acceptors (Lipinski definition) is 13. The van der Waals surface area contributed by atoms with E-state index in [2.05, 4.69) is 20.7 Å². The summed E-state index contributed by atoms with van der Waals surface area (Å²) in [5, 5.41) is 12.0. The minimum absolute atomic E-state index is 0.00937. The van der Waals surface area contributed by atoms with Gasteiger partial charge in [0.1, 0.15) is 42.2 Å². The molecule has 3 aromatic rings. The maximum atomic E-state index is 17.3. The van der Waals surface area contributed by atoms with Crippen molar-refractivity contribution < 1.29 is 42.2 Å². The fourth-order valence-corrected chi connectivity index (χ4v) is 10.2. The number of allylic oxidation sites excluding steroid dienone is 1. The molecule has 2 bridgehead atoms. The van der Waals surface area contributed by atoms with Crippen LogP contribution < -0.4 is 4.74 Å². The summed E-state index contributed by atoms with van der Waals surface area (Å²) >= 11 is 0. The van der Waals surface area contributed by atoms with E-state index in [1.54, 1.807) is 30.5 Å². The lowest BCUT2D eigenvalue weighted by Gasteiger charge is -2.45. The van der Waals surface area contributed by atoms with E-state index in [0.717, 1.165) is 38.6 Å². The summed E-state index contributed by atoms with van der Waals surface area (Å²) in [6.07, 6.45) is 10.2. The van der Waals surface area contributed by atoms with Crippen molar-refractivity contribution in [1.82, 2.24) is 14.7 Å². The molecule has 4 unspecified atom stereocenters. The smallest absolute Gasteiger partial charge is 0.462 e. The molecule has 6 aliphatic rings. The zero-order chi connectivity index (χ0) is 44.2. The van der Waals surface area contributed by atoms with Crippen molar-refractivity contribution in [3.8, 4) is 18.1 Å². The van der Waals surface area contributed by atoms with Crippen LogP contribution in [0.1, 0.15) is 70.4 Å². The SMILES string of the molecule is C#Cc1c(F)ccc2cccc(C3=C(F)C4=NC(OC[C@@]56CCCN5[C@H](COC(=O)Oc5ccc([N+](=O)[O-])cc5)CC6)=NC(N5CC6CCC(C5)N6C(=O)OC(C)(C)C)C4C=N3)c12. The number of hydrogen-bond donors (Lipinski definition) is 0. The molecule has 0 spiro atoms. The van der Waals surface area contributed by atoms with Crippen LogP contribution in [0.4, 0.5) is 24.1 Å². The molecular formula is C46H47F2N7O8. The highest BCUT2D eigenvalue weighted by atomic mass is 19.1. The Labute approximate surface area is 362 Å². The third kappa shape index (κ3) is 8.02. The van der Waals surface area contributed by atoms with Crippen molar-refractivity contribution in [2.45, 2.75) is 94.7 Å². The van der Waals surface area contributed by atoms with Crippen LogP contribution in [0.5, 0.6) is 5.75 Å². The quantitative estimate of drug-likeness (QED) is 0.0723. The Morgan fingerprint density at radius 1 is 1.03 bits per heavy atom. The van der Waals surface area contributed by atoms with E-state index < -0.39 is 45.9 Å². The second kappa shape index (κ2) is 16.5. The standard InChI is InChI=1S/C46H47F2N7O8/c1-5-33-36(47)17-10-27-8-6-9-34(37(27)33)39-38(48)40-35(22-49-39)41(52-23-29-11-12-30(24-52)54(29)43(56)63-45(2,3)4)51-42(50-40)61-26-46-19-7-21-53(46)31(18-20-46)25-60-44(57)62-32-15-13-28(14-16-32)55(58)59/h1,6,8-10,13-17,22,29-31,35,41H,7,11-12,18-21,23-26H2,2-4H3/t29?,30?,31-,35?,41?,46-/m0/s1. The van der Waals surface area contributed by atoms with Crippen LogP contribution in [0.2, 0.25) is 0 Å². The molecule has 1 amide bonds. The average molecular weight is 864 g/mol. The van der Waals surface area contributed by atoms with Gasteiger partial charge in [-0.1, -0.05) is 30.2 Å². The molecule has 0 saturated carbocycles. The Kier molecular flexibility index (Phi) is 11.0. The van der Waals surface area contributed by atoms with Gasteiger partial charge in [-0.25, -0.2) is 23.4 Å². The number of non-ortho nitro benzene ring substituents is 1. The molecule has 9 rings (SSSR count). The topological polar surface area (TPSA) is 161 Å². The lowest BCUT2D eigenvalue weighted by atomic mass is 9.90. The molecule has 3 aromatic carbocycles. The van der Waals surface area contributed by atoms with Gasteiger partial charge in [-0.3, -0.25) is 29.8 Å². The van der Waals surface area contributed by atoms with Crippen molar-refractivity contribution in [3.63, 3.8) is 0 Å². The van der Waals surface area contributed by atoms with Crippen molar-refractivity contribution in [2.24, 2.45) is 20.9 Å². The number of carbonyl (C=O) groups excluding carboxylic acids is 2. The number of carbonyl (C=O) groups is 2. The maximum absolute atomic E-state index is 17.3. The summed E-state index contributed by atoms with van der Waals surface area (Å²) in [5.41, 5.74) is -0.810. The summed E-state index contributed by atoms with van der Waals surface area (Å²) in [5.74, 6) is 0.565. The number of fused-ring (bicyclic) bond motifs is 5.